The lowest BCUT2D eigenvalue weighted by Gasteiger charge is -2.45. The van der Waals surface area contributed by atoms with Gasteiger partial charge in [-0.3, -0.25) is 0 Å². The highest BCUT2D eigenvalue weighted by Crippen LogP contribution is 2.27. The Bertz CT molecular complexity index is 178. The first kappa shape index (κ1) is 10.4. The van der Waals surface area contributed by atoms with Gasteiger partial charge in [-0.2, -0.15) is 0 Å². The number of fused-ring (bicyclic) bond motifs is 3. The summed E-state index contributed by atoms with van der Waals surface area (Å²) in [5.74, 6) is 1.29. The van der Waals surface area contributed by atoms with E-state index in [2.05, 4.69) is 17.1 Å². The minimum Gasteiger partial charge on any atom is -0.396 e. The fraction of sp³-hybridized carbons (Fsp3) is 1.00. The first-order valence-corrected chi connectivity index (χ1v) is 5.86. The summed E-state index contributed by atoms with van der Waals surface area (Å²) in [6.07, 6.45) is 2.73. The highest BCUT2D eigenvalue weighted by molar-refractivity contribution is 4.90. The smallest absolute Gasteiger partial charge is 0.0468 e. The summed E-state index contributed by atoms with van der Waals surface area (Å²) < 4.78 is 0. The van der Waals surface area contributed by atoms with E-state index < -0.39 is 0 Å². The first-order valence-electron chi connectivity index (χ1n) is 5.86. The van der Waals surface area contributed by atoms with E-state index in [1.165, 1.54) is 32.5 Å². The van der Waals surface area contributed by atoms with Gasteiger partial charge >= 0.3 is 0 Å². The van der Waals surface area contributed by atoms with Gasteiger partial charge in [0, 0.05) is 25.7 Å². The second-order valence-corrected chi connectivity index (χ2v) is 4.94. The van der Waals surface area contributed by atoms with E-state index >= 15 is 0 Å². The maximum atomic E-state index is 8.95. The quantitative estimate of drug-likeness (QED) is 0.682. The van der Waals surface area contributed by atoms with E-state index in [-0.39, 0.29) is 0 Å². The van der Waals surface area contributed by atoms with Crippen molar-refractivity contribution in [1.29, 1.82) is 0 Å². The highest BCUT2D eigenvalue weighted by Gasteiger charge is 2.33. The number of aliphatic hydroxyl groups is 1. The lowest BCUT2D eigenvalue weighted by Crippen LogP contribution is -2.56. The largest absolute Gasteiger partial charge is 0.396 e. The maximum absolute atomic E-state index is 8.95. The van der Waals surface area contributed by atoms with Crippen LogP contribution in [0.5, 0.6) is 0 Å². The van der Waals surface area contributed by atoms with Crippen LogP contribution in [0.25, 0.3) is 0 Å². The molecule has 0 spiro atoms. The van der Waals surface area contributed by atoms with Crippen LogP contribution < -0.4 is 5.32 Å². The molecule has 3 saturated heterocycles. The van der Waals surface area contributed by atoms with Crippen molar-refractivity contribution < 1.29 is 5.11 Å². The van der Waals surface area contributed by atoms with Crippen LogP contribution in [-0.2, 0) is 0 Å². The molecule has 14 heavy (non-hydrogen) atoms. The third kappa shape index (κ3) is 2.27. The molecule has 3 heterocycles. The van der Waals surface area contributed by atoms with E-state index in [1.54, 1.807) is 0 Å². The number of nitrogens with one attached hydrogen (secondary N) is 1. The Balaban J connectivity index is 1.76. The minimum atomic E-state index is 0.300. The van der Waals surface area contributed by atoms with Gasteiger partial charge < -0.3 is 15.3 Å². The van der Waals surface area contributed by atoms with Gasteiger partial charge in [0.05, 0.1) is 0 Å². The number of rotatable bonds is 4. The lowest BCUT2D eigenvalue weighted by atomic mass is 9.84. The van der Waals surface area contributed by atoms with Crippen molar-refractivity contribution in [2.24, 2.45) is 11.8 Å². The van der Waals surface area contributed by atoms with Gasteiger partial charge in [-0.15, -0.1) is 0 Å². The number of aliphatic hydroxyl groups excluding tert-OH is 1. The zero-order valence-electron chi connectivity index (χ0n) is 9.08. The Morgan fingerprint density at radius 3 is 2.64 bits per heavy atom. The molecule has 0 aromatic heterocycles. The average Bonchev–Trinajstić information content (AvgIpc) is 2.27. The van der Waals surface area contributed by atoms with Crippen molar-refractivity contribution in [1.82, 2.24) is 10.2 Å². The molecule has 3 fully saturated rings. The van der Waals surface area contributed by atoms with Crippen LogP contribution in [0.3, 0.4) is 0 Å². The molecular weight excluding hydrogens is 176 g/mol. The molecule has 0 aromatic rings. The average molecular weight is 198 g/mol. The van der Waals surface area contributed by atoms with E-state index in [0.29, 0.717) is 18.6 Å². The number of nitrogens with zero attached hydrogens (tertiary/aromatic N) is 1. The topological polar surface area (TPSA) is 35.5 Å². The molecule has 2 unspecified atom stereocenters. The van der Waals surface area contributed by atoms with Gasteiger partial charge in [0.2, 0.25) is 0 Å². The summed E-state index contributed by atoms with van der Waals surface area (Å²) >= 11 is 0. The van der Waals surface area contributed by atoms with Crippen LogP contribution in [0.15, 0.2) is 0 Å². The third-order valence-electron chi connectivity index (χ3n) is 3.70. The molecule has 3 aliphatic heterocycles. The van der Waals surface area contributed by atoms with Crippen LogP contribution in [0.2, 0.25) is 0 Å². The molecular formula is C11H22N2O. The molecule has 2 N–H and O–H groups in total. The molecule has 0 aliphatic carbocycles. The summed E-state index contributed by atoms with van der Waals surface area (Å²) in [5, 5.41) is 12.5. The fourth-order valence-corrected chi connectivity index (χ4v) is 2.61. The fourth-order valence-electron chi connectivity index (χ4n) is 2.61. The standard InChI is InChI=1S/C11H22N2O/c1-9(8-14)6-12-11-7-13-4-2-10(11)3-5-13/h9-12,14H,2-8H2,1H3. The van der Waals surface area contributed by atoms with E-state index in [0.717, 1.165) is 12.5 Å². The molecule has 3 aliphatic rings. The van der Waals surface area contributed by atoms with Gasteiger partial charge in [0.25, 0.3) is 0 Å². The van der Waals surface area contributed by atoms with Gasteiger partial charge in [-0.05, 0) is 37.8 Å². The predicted molar refractivity (Wildman–Crippen MR) is 57.2 cm³/mol. The van der Waals surface area contributed by atoms with Crippen molar-refractivity contribution in [3.8, 4) is 0 Å². The molecule has 2 atom stereocenters. The number of hydrogen-bond donors (Lipinski definition) is 2. The number of hydrogen-bond acceptors (Lipinski definition) is 3. The van der Waals surface area contributed by atoms with Crippen molar-refractivity contribution in [3.63, 3.8) is 0 Å². The van der Waals surface area contributed by atoms with E-state index in [9.17, 15) is 0 Å². The lowest BCUT2D eigenvalue weighted by molar-refractivity contribution is 0.0694. The Morgan fingerprint density at radius 2 is 2.14 bits per heavy atom. The first-order chi connectivity index (χ1) is 6.79. The van der Waals surface area contributed by atoms with Crippen molar-refractivity contribution in [2.75, 3.05) is 32.8 Å². The van der Waals surface area contributed by atoms with Crippen LogP contribution >= 0.6 is 0 Å². The van der Waals surface area contributed by atoms with Crippen molar-refractivity contribution in [2.45, 2.75) is 25.8 Å². The van der Waals surface area contributed by atoms with Crippen molar-refractivity contribution in [3.05, 3.63) is 0 Å². The second kappa shape index (κ2) is 4.60. The molecule has 0 amide bonds. The van der Waals surface area contributed by atoms with Gasteiger partial charge in [0.15, 0.2) is 0 Å². The van der Waals surface area contributed by atoms with Gasteiger partial charge in [-0.1, -0.05) is 6.92 Å². The van der Waals surface area contributed by atoms with Crippen LogP contribution in [0.1, 0.15) is 19.8 Å². The third-order valence-corrected chi connectivity index (χ3v) is 3.70. The van der Waals surface area contributed by atoms with Gasteiger partial charge in [0.1, 0.15) is 0 Å². The van der Waals surface area contributed by atoms with Crippen LogP contribution in [0, 0.1) is 11.8 Å². The number of piperidine rings is 3. The molecule has 2 bridgehead atoms. The zero-order valence-corrected chi connectivity index (χ0v) is 9.08. The Hall–Kier alpha value is -0.120. The van der Waals surface area contributed by atoms with Crippen molar-refractivity contribution >= 4 is 0 Å². The predicted octanol–water partition coefficient (Wildman–Crippen LogP) is 0.299. The molecule has 3 rings (SSSR count). The molecule has 82 valence electrons. The van der Waals surface area contributed by atoms with Gasteiger partial charge in [-0.25, -0.2) is 0 Å². The Labute approximate surface area is 86.5 Å². The second-order valence-electron chi connectivity index (χ2n) is 4.94. The Morgan fingerprint density at radius 1 is 1.43 bits per heavy atom. The molecule has 0 aromatic carbocycles. The van der Waals surface area contributed by atoms with E-state index in [1.807, 2.05) is 0 Å². The summed E-state index contributed by atoms with van der Waals surface area (Å²) in [4.78, 5) is 2.56. The maximum Gasteiger partial charge on any atom is 0.0468 e. The summed E-state index contributed by atoms with van der Waals surface area (Å²) in [6, 6.07) is 0.687. The molecule has 3 heteroatoms. The normalized spacial score (nSPS) is 38.6. The van der Waals surface area contributed by atoms with Crippen LogP contribution in [-0.4, -0.2) is 48.8 Å². The summed E-state index contributed by atoms with van der Waals surface area (Å²) in [6.45, 7) is 7.19. The molecule has 0 saturated carbocycles. The van der Waals surface area contributed by atoms with Crippen LogP contribution in [0.4, 0.5) is 0 Å². The monoisotopic (exact) mass is 198 g/mol. The molecule has 3 nitrogen and oxygen atoms in total. The van der Waals surface area contributed by atoms with E-state index in [4.69, 9.17) is 5.11 Å². The SMILES string of the molecule is CC(CO)CNC1CN2CCC1CC2. The zero-order chi connectivity index (χ0) is 9.97. The Kier molecular flexibility index (Phi) is 3.42. The summed E-state index contributed by atoms with van der Waals surface area (Å²) in [7, 11) is 0. The highest BCUT2D eigenvalue weighted by atomic mass is 16.3. The minimum absolute atomic E-state index is 0.300. The summed E-state index contributed by atoms with van der Waals surface area (Å²) in [5.41, 5.74) is 0. The molecule has 0 radical (unpaired) electrons.